The quantitative estimate of drug-likeness (QED) is 0.886. The Labute approximate surface area is 101 Å². The van der Waals surface area contributed by atoms with Crippen molar-refractivity contribution < 1.29 is 5.11 Å². The van der Waals surface area contributed by atoms with Crippen LogP contribution in [0.4, 0.5) is 0 Å². The molecule has 84 valence electrons. The first-order chi connectivity index (χ1) is 7.02. The molecule has 0 amide bonds. The van der Waals surface area contributed by atoms with Gasteiger partial charge in [0.2, 0.25) is 0 Å². The van der Waals surface area contributed by atoms with E-state index < -0.39 is 0 Å². The molecule has 0 aliphatic carbocycles. The molecule has 0 heterocycles. The number of halogens is 1. The lowest BCUT2D eigenvalue weighted by molar-refractivity contribution is 0.0920. The first-order valence-corrected chi connectivity index (χ1v) is 6.23. The summed E-state index contributed by atoms with van der Waals surface area (Å²) < 4.78 is 1.08. The van der Waals surface area contributed by atoms with Crippen molar-refractivity contribution in [3.8, 4) is 0 Å². The van der Waals surface area contributed by atoms with E-state index in [1.807, 2.05) is 18.2 Å². The van der Waals surface area contributed by atoms with Gasteiger partial charge in [0, 0.05) is 4.47 Å². The van der Waals surface area contributed by atoms with Crippen molar-refractivity contribution in [2.24, 2.45) is 11.8 Å². The molecule has 1 aromatic rings. The maximum absolute atomic E-state index is 10.0. The molecule has 1 rings (SSSR count). The fourth-order valence-corrected chi connectivity index (χ4v) is 1.97. The predicted molar refractivity (Wildman–Crippen MR) is 67.9 cm³/mol. The molecule has 0 aliphatic heterocycles. The highest BCUT2D eigenvalue weighted by atomic mass is 79.9. The lowest BCUT2D eigenvalue weighted by Gasteiger charge is -2.22. The molecule has 0 radical (unpaired) electrons. The highest BCUT2D eigenvalue weighted by Gasteiger charge is 2.18. The summed E-state index contributed by atoms with van der Waals surface area (Å²) >= 11 is 3.50. The van der Waals surface area contributed by atoms with Crippen LogP contribution in [-0.4, -0.2) is 11.2 Å². The van der Waals surface area contributed by atoms with Gasteiger partial charge in [-0.25, -0.2) is 0 Å². The number of hydrogen-bond donors (Lipinski definition) is 1. The Bertz CT molecular complexity index is 309. The molecule has 0 aliphatic rings. The van der Waals surface area contributed by atoms with Crippen molar-refractivity contribution in [2.75, 3.05) is 0 Å². The predicted octanol–water partition coefficient (Wildman–Crippen LogP) is 3.64. The third kappa shape index (κ3) is 3.62. The van der Waals surface area contributed by atoms with E-state index in [1.165, 1.54) is 5.56 Å². The zero-order chi connectivity index (χ0) is 11.4. The molecule has 2 unspecified atom stereocenters. The molecule has 1 aromatic carbocycles. The minimum Gasteiger partial charge on any atom is -0.392 e. The third-order valence-electron chi connectivity index (χ3n) is 3.05. The molecular formula is C13H19BrO. The zero-order valence-electron chi connectivity index (χ0n) is 9.57. The number of rotatable bonds is 4. The molecule has 2 atom stereocenters. The highest BCUT2D eigenvalue weighted by molar-refractivity contribution is 9.10. The topological polar surface area (TPSA) is 20.2 Å². The van der Waals surface area contributed by atoms with Crippen LogP contribution in [0.25, 0.3) is 0 Å². The van der Waals surface area contributed by atoms with E-state index in [-0.39, 0.29) is 6.10 Å². The Balaban J connectivity index is 2.66. The minimum absolute atomic E-state index is 0.260. The van der Waals surface area contributed by atoms with Gasteiger partial charge in [0.15, 0.2) is 0 Å². The van der Waals surface area contributed by atoms with Crippen LogP contribution in [0.1, 0.15) is 26.3 Å². The number of hydrogen-bond acceptors (Lipinski definition) is 1. The average molecular weight is 271 g/mol. The Hall–Kier alpha value is -0.340. The molecule has 0 aromatic heterocycles. The van der Waals surface area contributed by atoms with Crippen molar-refractivity contribution >= 4 is 15.9 Å². The largest absolute Gasteiger partial charge is 0.392 e. The van der Waals surface area contributed by atoms with E-state index in [1.54, 1.807) is 0 Å². The second-order valence-electron chi connectivity index (χ2n) is 4.47. The lowest BCUT2D eigenvalue weighted by atomic mass is 9.89. The molecular weight excluding hydrogens is 252 g/mol. The van der Waals surface area contributed by atoms with E-state index in [9.17, 15) is 5.11 Å². The first-order valence-electron chi connectivity index (χ1n) is 5.44. The minimum atomic E-state index is -0.260. The van der Waals surface area contributed by atoms with Gasteiger partial charge in [0.05, 0.1) is 6.10 Å². The van der Waals surface area contributed by atoms with E-state index >= 15 is 0 Å². The van der Waals surface area contributed by atoms with Crippen LogP contribution in [0.3, 0.4) is 0 Å². The maximum atomic E-state index is 10.0. The molecule has 0 bridgehead atoms. The van der Waals surface area contributed by atoms with Crippen LogP contribution in [0.15, 0.2) is 28.7 Å². The fraction of sp³-hybridized carbons (Fsp3) is 0.538. The molecule has 0 saturated heterocycles. The standard InChI is InChI=1S/C13H19BrO/c1-9(2)10(3)13(15)8-11-6-4-5-7-12(11)14/h4-7,9-10,13,15H,8H2,1-3H3. The van der Waals surface area contributed by atoms with Gasteiger partial charge in [0.25, 0.3) is 0 Å². The summed E-state index contributed by atoms with van der Waals surface area (Å²) in [7, 11) is 0. The van der Waals surface area contributed by atoms with Crippen LogP contribution >= 0.6 is 15.9 Å². The fourth-order valence-electron chi connectivity index (χ4n) is 1.52. The van der Waals surface area contributed by atoms with Gasteiger partial charge in [-0.15, -0.1) is 0 Å². The highest BCUT2D eigenvalue weighted by Crippen LogP contribution is 2.22. The van der Waals surface area contributed by atoms with Crippen molar-refractivity contribution in [2.45, 2.75) is 33.3 Å². The van der Waals surface area contributed by atoms with Crippen LogP contribution in [0.5, 0.6) is 0 Å². The summed E-state index contributed by atoms with van der Waals surface area (Å²) in [6.07, 6.45) is 0.463. The first kappa shape index (κ1) is 12.7. The second-order valence-corrected chi connectivity index (χ2v) is 5.32. The van der Waals surface area contributed by atoms with Gasteiger partial charge in [-0.2, -0.15) is 0 Å². The van der Waals surface area contributed by atoms with Gasteiger partial charge in [-0.05, 0) is 29.9 Å². The Morgan fingerprint density at radius 3 is 2.33 bits per heavy atom. The summed E-state index contributed by atoms with van der Waals surface area (Å²) in [6.45, 7) is 6.40. The number of benzene rings is 1. The van der Waals surface area contributed by atoms with Crippen molar-refractivity contribution in [1.82, 2.24) is 0 Å². The summed E-state index contributed by atoms with van der Waals surface area (Å²) in [4.78, 5) is 0. The van der Waals surface area contributed by atoms with E-state index in [0.717, 1.165) is 10.9 Å². The average Bonchev–Trinajstić information content (AvgIpc) is 2.20. The van der Waals surface area contributed by atoms with E-state index in [4.69, 9.17) is 0 Å². The summed E-state index contributed by atoms with van der Waals surface area (Å²) in [6, 6.07) is 8.07. The van der Waals surface area contributed by atoms with Gasteiger partial charge < -0.3 is 5.11 Å². The summed E-state index contributed by atoms with van der Waals surface area (Å²) in [5.41, 5.74) is 1.18. The molecule has 1 nitrogen and oxygen atoms in total. The van der Waals surface area contributed by atoms with Crippen molar-refractivity contribution in [3.63, 3.8) is 0 Å². The molecule has 2 heteroatoms. The van der Waals surface area contributed by atoms with Crippen LogP contribution < -0.4 is 0 Å². The molecule has 0 saturated carbocycles. The van der Waals surface area contributed by atoms with E-state index in [2.05, 4.69) is 42.8 Å². The van der Waals surface area contributed by atoms with Gasteiger partial charge in [-0.1, -0.05) is 54.9 Å². The zero-order valence-corrected chi connectivity index (χ0v) is 11.2. The van der Waals surface area contributed by atoms with Crippen molar-refractivity contribution in [3.05, 3.63) is 34.3 Å². The Kier molecular flexibility index (Phi) is 4.81. The Morgan fingerprint density at radius 1 is 1.20 bits per heavy atom. The molecule has 0 spiro atoms. The second kappa shape index (κ2) is 5.66. The smallest absolute Gasteiger partial charge is 0.0608 e. The maximum Gasteiger partial charge on any atom is 0.0608 e. The molecule has 1 N–H and O–H groups in total. The molecule has 0 fully saturated rings. The summed E-state index contributed by atoms with van der Waals surface area (Å²) in [5.74, 6) is 0.847. The lowest BCUT2D eigenvalue weighted by Crippen LogP contribution is -2.24. The monoisotopic (exact) mass is 270 g/mol. The van der Waals surface area contributed by atoms with Crippen LogP contribution in [-0.2, 0) is 6.42 Å². The SMILES string of the molecule is CC(C)C(C)C(O)Cc1ccccc1Br. The number of aliphatic hydroxyl groups is 1. The summed E-state index contributed by atoms with van der Waals surface area (Å²) in [5, 5.41) is 10.0. The normalized spacial score (nSPS) is 15.3. The van der Waals surface area contributed by atoms with Gasteiger partial charge >= 0.3 is 0 Å². The van der Waals surface area contributed by atoms with Crippen LogP contribution in [0.2, 0.25) is 0 Å². The third-order valence-corrected chi connectivity index (χ3v) is 3.82. The number of aliphatic hydroxyl groups excluding tert-OH is 1. The van der Waals surface area contributed by atoms with Gasteiger partial charge in [-0.3, -0.25) is 0 Å². The van der Waals surface area contributed by atoms with Crippen LogP contribution in [0, 0.1) is 11.8 Å². The Morgan fingerprint density at radius 2 is 1.80 bits per heavy atom. The van der Waals surface area contributed by atoms with E-state index in [0.29, 0.717) is 11.8 Å². The van der Waals surface area contributed by atoms with Gasteiger partial charge in [0.1, 0.15) is 0 Å². The van der Waals surface area contributed by atoms with Crippen molar-refractivity contribution in [1.29, 1.82) is 0 Å². The molecule has 15 heavy (non-hydrogen) atoms.